The molecule has 0 bridgehead atoms. The second-order valence-corrected chi connectivity index (χ2v) is 4.99. The number of fused-ring (bicyclic) bond motifs is 1. The third-order valence-corrected chi connectivity index (χ3v) is 3.61. The SMILES string of the molecule is O=C(NCc1nnc2n1CCC2)NC[C@@H]1CCCO1. The van der Waals surface area contributed by atoms with Gasteiger partial charge < -0.3 is 19.9 Å². The molecule has 1 aromatic heterocycles. The maximum atomic E-state index is 11.7. The summed E-state index contributed by atoms with van der Waals surface area (Å²) in [6, 6.07) is -0.175. The van der Waals surface area contributed by atoms with Gasteiger partial charge in [0.1, 0.15) is 5.82 Å². The van der Waals surface area contributed by atoms with Crippen molar-refractivity contribution in [3.63, 3.8) is 0 Å². The zero-order chi connectivity index (χ0) is 13.1. The molecule has 19 heavy (non-hydrogen) atoms. The van der Waals surface area contributed by atoms with Crippen LogP contribution in [0.15, 0.2) is 0 Å². The van der Waals surface area contributed by atoms with Crippen LogP contribution in [0.2, 0.25) is 0 Å². The highest BCUT2D eigenvalue weighted by Crippen LogP contribution is 2.13. The fourth-order valence-corrected chi connectivity index (χ4v) is 2.58. The van der Waals surface area contributed by atoms with Crippen molar-refractivity contribution in [3.05, 3.63) is 11.6 Å². The highest BCUT2D eigenvalue weighted by molar-refractivity contribution is 5.73. The standard InChI is InChI=1S/C12H19N5O2/c18-12(13-7-9-3-2-6-19-9)14-8-11-16-15-10-4-1-5-17(10)11/h9H,1-8H2,(H2,13,14,18)/t9-/m0/s1. The first-order valence-electron chi connectivity index (χ1n) is 6.87. The van der Waals surface area contributed by atoms with Crippen LogP contribution >= 0.6 is 0 Å². The largest absolute Gasteiger partial charge is 0.376 e. The molecule has 104 valence electrons. The summed E-state index contributed by atoms with van der Waals surface area (Å²) in [5, 5.41) is 13.8. The van der Waals surface area contributed by atoms with Gasteiger partial charge in [-0.25, -0.2) is 4.79 Å². The number of ether oxygens (including phenoxy) is 1. The van der Waals surface area contributed by atoms with E-state index in [0.29, 0.717) is 13.1 Å². The van der Waals surface area contributed by atoms with Gasteiger partial charge in [0.05, 0.1) is 12.6 Å². The van der Waals surface area contributed by atoms with Crippen molar-refractivity contribution in [1.29, 1.82) is 0 Å². The number of amides is 2. The molecule has 1 saturated heterocycles. The topological polar surface area (TPSA) is 81.1 Å². The van der Waals surface area contributed by atoms with E-state index in [2.05, 4.69) is 25.4 Å². The predicted octanol–water partition coefficient (Wildman–Crippen LogP) is 0.202. The summed E-state index contributed by atoms with van der Waals surface area (Å²) < 4.78 is 7.53. The van der Waals surface area contributed by atoms with Crippen LogP contribution in [0.25, 0.3) is 0 Å². The molecule has 0 spiro atoms. The van der Waals surface area contributed by atoms with Crippen molar-refractivity contribution in [2.45, 2.75) is 44.9 Å². The number of aromatic nitrogens is 3. The van der Waals surface area contributed by atoms with Crippen LogP contribution < -0.4 is 10.6 Å². The van der Waals surface area contributed by atoms with E-state index in [9.17, 15) is 4.79 Å². The first-order valence-corrected chi connectivity index (χ1v) is 6.87. The van der Waals surface area contributed by atoms with E-state index in [1.54, 1.807) is 0 Å². The molecule has 2 N–H and O–H groups in total. The summed E-state index contributed by atoms with van der Waals surface area (Å²) in [6.07, 6.45) is 4.38. The molecule has 1 aromatic rings. The minimum Gasteiger partial charge on any atom is -0.376 e. The molecular formula is C12H19N5O2. The average molecular weight is 265 g/mol. The summed E-state index contributed by atoms with van der Waals surface area (Å²) in [5.74, 6) is 1.86. The summed E-state index contributed by atoms with van der Waals surface area (Å²) in [5.41, 5.74) is 0. The number of urea groups is 1. The third kappa shape index (κ3) is 2.86. The van der Waals surface area contributed by atoms with Gasteiger partial charge in [-0.2, -0.15) is 0 Å². The fraction of sp³-hybridized carbons (Fsp3) is 0.750. The summed E-state index contributed by atoms with van der Waals surface area (Å²) in [6.45, 7) is 2.75. The van der Waals surface area contributed by atoms with E-state index in [0.717, 1.165) is 50.5 Å². The van der Waals surface area contributed by atoms with Gasteiger partial charge in [0.25, 0.3) is 0 Å². The van der Waals surface area contributed by atoms with E-state index in [1.165, 1.54) is 0 Å². The fourth-order valence-electron chi connectivity index (χ4n) is 2.58. The molecule has 2 aliphatic rings. The number of hydrogen-bond donors (Lipinski definition) is 2. The Kier molecular flexibility index (Phi) is 3.63. The molecule has 7 heteroatoms. The second-order valence-electron chi connectivity index (χ2n) is 4.99. The van der Waals surface area contributed by atoms with Crippen LogP contribution in [0.4, 0.5) is 4.79 Å². The molecule has 3 heterocycles. The average Bonchev–Trinajstić information content (AvgIpc) is 3.11. The number of hydrogen-bond acceptors (Lipinski definition) is 4. The molecule has 7 nitrogen and oxygen atoms in total. The number of nitrogens with one attached hydrogen (secondary N) is 2. The Morgan fingerprint density at radius 1 is 1.37 bits per heavy atom. The first kappa shape index (κ1) is 12.4. The van der Waals surface area contributed by atoms with Crippen LogP contribution in [0.3, 0.4) is 0 Å². The van der Waals surface area contributed by atoms with E-state index >= 15 is 0 Å². The number of aryl methyl sites for hydroxylation is 1. The molecule has 0 saturated carbocycles. The lowest BCUT2D eigenvalue weighted by atomic mass is 10.2. The normalized spacial score (nSPS) is 21.4. The van der Waals surface area contributed by atoms with Crippen molar-refractivity contribution >= 4 is 6.03 Å². The Morgan fingerprint density at radius 2 is 2.32 bits per heavy atom. The van der Waals surface area contributed by atoms with Crippen LogP contribution in [0, 0.1) is 0 Å². The lowest BCUT2D eigenvalue weighted by Gasteiger charge is -2.11. The Labute approximate surface area is 111 Å². The van der Waals surface area contributed by atoms with Crippen molar-refractivity contribution in [2.24, 2.45) is 0 Å². The number of rotatable bonds is 4. The number of nitrogens with zero attached hydrogens (tertiary/aromatic N) is 3. The molecule has 0 aromatic carbocycles. The van der Waals surface area contributed by atoms with Gasteiger partial charge in [0, 0.05) is 26.1 Å². The van der Waals surface area contributed by atoms with E-state index in [4.69, 9.17) is 4.74 Å². The van der Waals surface area contributed by atoms with Crippen LogP contribution in [-0.4, -0.2) is 40.1 Å². The van der Waals surface area contributed by atoms with Gasteiger partial charge in [-0.1, -0.05) is 0 Å². The van der Waals surface area contributed by atoms with E-state index < -0.39 is 0 Å². The van der Waals surface area contributed by atoms with Crippen LogP contribution in [0.1, 0.15) is 30.9 Å². The lowest BCUT2D eigenvalue weighted by Crippen LogP contribution is -2.39. The monoisotopic (exact) mass is 265 g/mol. The van der Waals surface area contributed by atoms with Gasteiger partial charge in [-0.3, -0.25) is 0 Å². The molecule has 0 radical (unpaired) electrons. The Bertz CT molecular complexity index is 453. The van der Waals surface area contributed by atoms with Crippen LogP contribution in [0.5, 0.6) is 0 Å². The van der Waals surface area contributed by atoms with Gasteiger partial charge in [-0.15, -0.1) is 10.2 Å². The molecule has 3 rings (SSSR count). The minimum atomic E-state index is -0.175. The molecule has 2 amide bonds. The van der Waals surface area contributed by atoms with Crippen molar-refractivity contribution in [3.8, 4) is 0 Å². The zero-order valence-corrected chi connectivity index (χ0v) is 10.9. The Morgan fingerprint density at radius 3 is 3.16 bits per heavy atom. The molecule has 1 fully saturated rings. The number of carbonyl (C=O) groups is 1. The highest BCUT2D eigenvalue weighted by atomic mass is 16.5. The molecule has 1 atom stereocenters. The molecule has 0 aliphatic carbocycles. The van der Waals surface area contributed by atoms with Gasteiger partial charge in [0.2, 0.25) is 0 Å². The predicted molar refractivity (Wildman–Crippen MR) is 67.6 cm³/mol. The van der Waals surface area contributed by atoms with Gasteiger partial charge >= 0.3 is 6.03 Å². The minimum absolute atomic E-state index is 0.170. The molecule has 0 unspecified atom stereocenters. The van der Waals surface area contributed by atoms with E-state index in [1.807, 2.05) is 0 Å². The number of carbonyl (C=O) groups excluding carboxylic acids is 1. The Balaban J connectivity index is 1.42. The molecular weight excluding hydrogens is 246 g/mol. The lowest BCUT2D eigenvalue weighted by molar-refractivity contribution is 0.111. The Hall–Kier alpha value is -1.63. The van der Waals surface area contributed by atoms with Gasteiger partial charge in [0.15, 0.2) is 5.82 Å². The first-order chi connectivity index (χ1) is 9.33. The summed E-state index contributed by atoms with van der Waals surface area (Å²) >= 11 is 0. The van der Waals surface area contributed by atoms with Crippen molar-refractivity contribution < 1.29 is 9.53 Å². The maximum Gasteiger partial charge on any atom is 0.315 e. The smallest absolute Gasteiger partial charge is 0.315 e. The van der Waals surface area contributed by atoms with Crippen molar-refractivity contribution in [1.82, 2.24) is 25.4 Å². The third-order valence-electron chi connectivity index (χ3n) is 3.61. The van der Waals surface area contributed by atoms with Crippen molar-refractivity contribution in [2.75, 3.05) is 13.2 Å². The maximum absolute atomic E-state index is 11.7. The summed E-state index contributed by atoms with van der Waals surface area (Å²) in [4.78, 5) is 11.7. The van der Waals surface area contributed by atoms with Crippen LogP contribution in [-0.2, 0) is 24.2 Å². The highest BCUT2D eigenvalue weighted by Gasteiger charge is 2.18. The summed E-state index contributed by atoms with van der Waals surface area (Å²) in [7, 11) is 0. The quantitative estimate of drug-likeness (QED) is 0.815. The molecule has 2 aliphatic heterocycles. The second kappa shape index (κ2) is 5.56. The zero-order valence-electron chi connectivity index (χ0n) is 10.9. The van der Waals surface area contributed by atoms with E-state index in [-0.39, 0.29) is 12.1 Å². The van der Waals surface area contributed by atoms with Gasteiger partial charge in [-0.05, 0) is 19.3 Å².